The van der Waals surface area contributed by atoms with E-state index in [1.807, 2.05) is 0 Å². The van der Waals surface area contributed by atoms with Crippen LogP contribution in [-0.4, -0.2) is 10.1 Å². The third-order valence-electron chi connectivity index (χ3n) is 2.10. The number of aromatic nitrogens is 2. The van der Waals surface area contributed by atoms with Crippen LogP contribution in [0.5, 0.6) is 0 Å². The molecule has 1 N–H and O–H groups in total. The minimum Gasteiger partial charge on any atom is -0.364 e. The molecule has 0 aromatic carbocycles. The molecule has 0 bridgehead atoms. The van der Waals surface area contributed by atoms with Crippen molar-refractivity contribution in [3.05, 3.63) is 40.9 Å². The Bertz CT molecular complexity index is 528. The Morgan fingerprint density at radius 3 is 2.72 bits per heavy atom. The Morgan fingerprint density at radius 2 is 2.17 bits per heavy atom. The van der Waals surface area contributed by atoms with Gasteiger partial charge in [-0.2, -0.15) is 13.2 Å². The molecule has 0 aliphatic rings. The van der Waals surface area contributed by atoms with Gasteiger partial charge in [-0.05, 0) is 6.07 Å². The fraction of sp³-hybridized carbons (Fsp3) is 0.200. The van der Waals surface area contributed by atoms with E-state index in [-0.39, 0.29) is 17.4 Å². The maximum atomic E-state index is 12.4. The van der Waals surface area contributed by atoms with Crippen LogP contribution in [0.25, 0.3) is 0 Å². The molecular weight excluding hydrogens is 271 g/mol. The number of rotatable bonds is 3. The summed E-state index contributed by atoms with van der Waals surface area (Å²) in [5.74, 6) is 0.160. The molecule has 0 spiro atoms. The van der Waals surface area contributed by atoms with E-state index >= 15 is 0 Å². The standard InChI is InChI=1S/C10H7ClF3N3O/c11-8-3-6(10(12,13)14)4-15-9(8)16-5-7-1-2-18-17-7/h1-4H,5H2,(H,15,16). The molecule has 0 aliphatic heterocycles. The highest BCUT2D eigenvalue weighted by Crippen LogP contribution is 2.32. The second kappa shape index (κ2) is 4.85. The zero-order valence-electron chi connectivity index (χ0n) is 8.83. The summed E-state index contributed by atoms with van der Waals surface area (Å²) in [4.78, 5) is 3.62. The molecule has 0 saturated heterocycles. The molecule has 0 saturated carbocycles. The van der Waals surface area contributed by atoms with Crippen molar-refractivity contribution in [1.29, 1.82) is 0 Å². The van der Waals surface area contributed by atoms with Crippen molar-refractivity contribution in [2.45, 2.75) is 12.7 Å². The third kappa shape index (κ3) is 2.92. The summed E-state index contributed by atoms with van der Waals surface area (Å²) in [5, 5.41) is 6.29. The molecule has 2 rings (SSSR count). The number of halogens is 4. The quantitative estimate of drug-likeness (QED) is 0.935. The van der Waals surface area contributed by atoms with E-state index in [0.29, 0.717) is 5.69 Å². The first-order chi connectivity index (χ1) is 8.47. The van der Waals surface area contributed by atoms with Crippen molar-refractivity contribution in [3.63, 3.8) is 0 Å². The van der Waals surface area contributed by atoms with Gasteiger partial charge in [-0.15, -0.1) is 0 Å². The average Bonchev–Trinajstić information content (AvgIpc) is 2.79. The molecule has 2 aromatic rings. The van der Waals surface area contributed by atoms with Crippen LogP contribution in [0.15, 0.2) is 29.1 Å². The maximum absolute atomic E-state index is 12.4. The molecule has 0 amide bonds. The first-order valence-corrected chi connectivity index (χ1v) is 5.20. The second-order valence-corrected chi connectivity index (χ2v) is 3.80. The summed E-state index contributed by atoms with van der Waals surface area (Å²) in [5.41, 5.74) is -0.299. The lowest BCUT2D eigenvalue weighted by atomic mass is 10.3. The lowest BCUT2D eigenvalue weighted by Crippen LogP contribution is -2.08. The van der Waals surface area contributed by atoms with Gasteiger partial charge in [0.25, 0.3) is 0 Å². The summed E-state index contributed by atoms with van der Waals surface area (Å²) >= 11 is 5.71. The predicted octanol–water partition coefficient (Wildman–Crippen LogP) is 3.35. The van der Waals surface area contributed by atoms with Gasteiger partial charge in [-0.1, -0.05) is 16.8 Å². The van der Waals surface area contributed by atoms with Crippen molar-refractivity contribution in [2.75, 3.05) is 5.32 Å². The highest BCUT2D eigenvalue weighted by molar-refractivity contribution is 6.32. The minimum atomic E-state index is -4.46. The van der Waals surface area contributed by atoms with Crippen LogP contribution in [0.2, 0.25) is 5.02 Å². The zero-order chi connectivity index (χ0) is 13.2. The Hall–Kier alpha value is -1.76. The Kier molecular flexibility index (Phi) is 3.42. The predicted molar refractivity (Wildman–Crippen MR) is 58.1 cm³/mol. The van der Waals surface area contributed by atoms with Gasteiger partial charge in [0.15, 0.2) is 0 Å². The van der Waals surface area contributed by atoms with Crippen LogP contribution >= 0.6 is 11.6 Å². The minimum absolute atomic E-state index is 0.103. The van der Waals surface area contributed by atoms with Gasteiger partial charge in [0.2, 0.25) is 0 Å². The topological polar surface area (TPSA) is 51.0 Å². The number of hydrogen-bond donors (Lipinski definition) is 1. The number of pyridine rings is 1. The molecule has 4 nitrogen and oxygen atoms in total. The molecular formula is C10H7ClF3N3O. The van der Waals surface area contributed by atoms with Crippen molar-refractivity contribution < 1.29 is 17.7 Å². The summed E-state index contributed by atoms with van der Waals surface area (Å²) in [7, 11) is 0. The molecule has 0 radical (unpaired) electrons. The highest BCUT2D eigenvalue weighted by atomic mass is 35.5. The van der Waals surface area contributed by atoms with Gasteiger partial charge < -0.3 is 9.84 Å². The SMILES string of the molecule is FC(F)(F)c1cnc(NCc2ccon2)c(Cl)c1. The number of alkyl halides is 3. The second-order valence-electron chi connectivity index (χ2n) is 3.40. The van der Waals surface area contributed by atoms with Gasteiger partial charge >= 0.3 is 6.18 Å². The van der Waals surface area contributed by atoms with E-state index in [0.717, 1.165) is 12.3 Å². The maximum Gasteiger partial charge on any atom is 0.417 e. The summed E-state index contributed by atoms with van der Waals surface area (Å²) in [6, 6.07) is 2.44. The number of nitrogens with zero attached hydrogens (tertiary/aromatic N) is 2. The van der Waals surface area contributed by atoms with E-state index in [4.69, 9.17) is 11.6 Å². The van der Waals surface area contributed by atoms with Gasteiger partial charge in [-0.25, -0.2) is 4.98 Å². The van der Waals surface area contributed by atoms with E-state index in [9.17, 15) is 13.2 Å². The molecule has 96 valence electrons. The van der Waals surface area contributed by atoms with Crippen molar-refractivity contribution in [3.8, 4) is 0 Å². The molecule has 2 heterocycles. The van der Waals surface area contributed by atoms with Crippen LogP contribution in [0.1, 0.15) is 11.3 Å². The molecule has 2 aromatic heterocycles. The summed E-state index contributed by atoms with van der Waals surface area (Å²) in [6.07, 6.45) is -2.35. The normalized spacial score (nSPS) is 11.6. The van der Waals surface area contributed by atoms with E-state index < -0.39 is 11.7 Å². The van der Waals surface area contributed by atoms with Gasteiger partial charge in [0.1, 0.15) is 17.8 Å². The van der Waals surface area contributed by atoms with Crippen molar-refractivity contribution >= 4 is 17.4 Å². The van der Waals surface area contributed by atoms with Gasteiger partial charge in [0, 0.05) is 12.3 Å². The van der Waals surface area contributed by atoms with Crippen LogP contribution in [0.3, 0.4) is 0 Å². The van der Waals surface area contributed by atoms with E-state index in [2.05, 4.69) is 20.0 Å². The van der Waals surface area contributed by atoms with Crippen LogP contribution < -0.4 is 5.32 Å². The third-order valence-corrected chi connectivity index (χ3v) is 2.38. The molecule has 0 atom stereocenters. The van der Waals surface area contributed by atoms with Crippen LogP contribution in [0, 0.1) is 0 Å². The average molecular weight is 278 g/mol. The van der Waals surface area contributed by atoms with Crippen LogP contribution in [-0.2, 0) is 12.7 Å². The Morgan fingerprint density at radius 1 is 1.39 bits per heavy atom. The van der Waals surface area contributed by atoms with Crippen LogP contribution in [0.4, 0.5) is 19.0 Å². The lowest BCUT2D eigenvalue weighted by Gasteiger charge is -2.09. The summed E-state index contributed by atoms with van der Waals surface area (Å²) < 4.78 is 41.7. The lowest BCUT2D eigenvalue weighted by molar-refractivity contribution is -0.137. The van der Waals surface area contributed by atoms with Gasteiger partial charge in [-0.3, -0.25) is 0 Å². The molecule has 0 aliphatic carbocycles. The largest absolute Gasteiger partial charge is 0.417 e. The van der Waals surface area contributed by atoms with Crippen molar-refractivity contribution in [1.82, 2.24) is 10.1 Å². The first kappa shape index (κ1) is 12.7. The fourth-order valence-electron chi connectivity index (χ4n) is 1.23. The number of hydrogen-bond acceptors (Lipinski definition) is 4. The zero-order valence-corrected chi connectivity index (χ0v) is 9.59. The summed E-state index contributed by atoms with van der Waals surface area (Å²) in [6.45, 7) is 0.259. The smallest absolute Gasteiger partial charge is 0.364 e. The monoisotopic (exact) mass is 277 g/mol. The van der Waals surface area contributed by atoms with E-state index in [1.165, 1.54) is 6.26 Å². The molecule has 8 heteroatoms. The van der Waals surface area contributed by atoms with Gasteiger partial charge in [0.05, 0.1) is 17.1 Å². The molecule has 0 fully saturated rings. The Balaban J connectivity index is 2.10. The fourth-order valence-corrected chi connectivity index (χ4v) is 1.46. The number of nitrogens with one attached hydrogen (secondary N) is 1. The molecule has 18 heavy (non-hydrogen) atoms. The molecule has 0 unspecified atom stereocenters. The van der Waals surface area contributed by atoms with E-state index in [1.54, 1.807) is 6.07 Å². The first-order valence-electron chi connectivity index (χ1n) is 4.82. The van der Waals surface area contributed by atoms with Crippen molar-refractivity contribution in [2.24, 2.45) is 0 Å². The highest BCUT2D eigenvalue weighted by Gasteiger charge is 2.31. The number of anilines is 1. The Labute approximate surface area is 105 Å².